The summed E-state index contributed by atoms with van der Waals surface area (Å²) in [6, 6.07) is 4.16. The van der Waals surface area contributed by atoms with Crippen molar-refractivity contribution in [1.29, 1.82) is 0 Å². The fraction of sp³-hybridized carbons (Fsp3) is 0.500. The minimum absolute atomic E-state index is 0.125. The molecule has 0 fully saturated rings. The van der Waals surface area contributed by atoms with Gasteiger partial charge in [0.1, 0.15) is 0 Å². The predicted molar refractivity (Wildman–Crippen MR) is 46.9 cm³/mol. The van der Waals surface area contributed by atoms with Crippen molar-refractivity contribution in [2.24, 2.45) is 0 Å². The number of hydrogen-bond donors (Lipinski definition) is 2. The lowest BCUT2D eigenvalue weighted by Gasteiger charge is -2.10. The van der Waals surface area contributed by atoms with Gasteiger partial charge < -0.3 is 5.21 Å². The van der Waals surface area contributed by atoms with Crippen LogP contribution in [0.1, 0.15) is 30.7 Å². The molecule has 2 nitrogen and oxygen atoms in total. The van der Waals surface area contributed by atoms with Crippen LogP contribution in [0.4, 0.5) is 0 Å². The molecular formula is C8H13NOS. The Bertz CT molecular complexity index is 186. The van der Waals surface area contributed by atoms with Gasteiger partial charge in [-0.2, -0.15) is 5.48 Å². The van der Waals surface area contributed by atoms with E-state index < -0.39 is 0 Å². The Morgan fingerprint density at radius 1 is 1.73 bits per heavy atom. The number of rotatable bonds is 4. The standard InChI is InChI=1S/C8H13NOS/c1-2-4-7(9-10)8-5-3-6-11-8/h3,5-7,9-10H,2,4H2,1H3/t7-/m0/s1. The van der Waals surface area contributed by atoms with Crippen molar-refractivity contribution < 1.29 is 5.21 Å². The van der Waals surface area contributed by atoms with Gasteiger partial charge in [-0.15, -0.1) is 11.3 Å². The summed E-state index contributed by atoms with van der Waals surface area (Å²) < 4.78 is 0. The van der Waals surface area contributed by atoms with Crippen molar-refractivity contribution in [3.05, 3.63) is 22.4 Å². The number of nitrogens with one attached hydrogen (secondary N) is 1. The van der Waals surface area contributed by atoms with Crippen molar-refractivity contribution in [3.8, 4) is 0 Å². The van der Waals surface area contributed by atoms with Crippen molar-refractivity contribution in [2.75, 3.05) is 0 Å². The summed E-state index contributed by atoms with van der Waals surface area (Å²) in [5.41, 5.74) is 2.32. The predicted octanol–water partition coefficient (Wildman–Crippen LogP) is 2.57. The molecule has 0 saturated carbocycles. The Balaban J connectivity index is 2.56. The Morgan fingerprint density at radius 3 is 3.00 bits per heavy atom. The highest BCUT2D eigenvalue weighted by Crippen LogP contribution is 2.22. The smallest absolute Gasteiger partial charge is 0.0661 e. The number of hydroxylamine groups is 1. The zero-order valence-electron chi connectivity index (χ0n) is 6.58. The molecule has 0 aromatic carbocycles. The van der Waals surface area contributed by atoms with Crippen molar-refractivity contribution in [2.45, 2.75) is 25.8 Å². The molecule has 1 atom stereocenters. The van der Waals surface area contributed by atoms with Crippen LogP contribution in [0.5, 0.6) is 0 Å². The first-order valence-electron chi connectivity index (χ1n) is 3.81. The summed E-state index contributed by atoms with van der Waals surface area (Å²) in [5, 5.41) is 10.8. The maximum Gasteiger partial charge on any atom is 0.0661 e. The zero-order chi connectivity index (χ0) is 8.10. The van der Waals surface area contributed by atoms with Crippen LogP contribution in [-0.2, 0) is 0 Å². The van der Waals surface area contributed by atoms with Crippen LogP contribution in [0, 0.1) is 0 Å². The van der Waals surface area contributed by atoms with Crippen LogP contribution in [0.15, 0.2) is 17.5 Å². The molecule has 0 aliphatic rings. The van der Waals surface area contributed by atoms with E-state index in [0.717, 1.165) is 12.8 Å². The summed E-state index contributed by atoms with van der Waals surface area (Å²) >= 11 is 1.67. The largest absolute Gasteiger partial charge is 0.316 e. The molecule has 1 rings (SSSR count). The van der Waals surface area contributed by atoms with E-state index in [1.54, 1.807) is 11.3 Å². The second-order valence-electron chi connectivity index (χ2n) is 2.49. The summed E-state index contributed by atoms with van der Waals surface area (Å²) in [5.74, 6) is 0. The average molecular weight is 171 g/mol. The first-order chi connectivity index (χ1) is 5.38. The van der Waals surface area contributed by atoms with Gasteiger partial charge in [-0.1, -0.05) is 19.4 Å². The third-order valence-electron chi connectivity index (χ3n) is 1.62. The van der Waals surface area contributed by atoms with Gasteiger partial charge in [0, 0.05) is 4.88 Å². The lowest BCUT2D eigenvalue weighted by molar-refractivity contribution is 0.123. The molecule has 0 aliphatic carbocycles. The Kier molecular flexibility index (Phi) is 3.56. The topological polar surface area (TPSA) is 32.3 Å². The van der Waals surface area contributed by atoms with Crippen LogP contribution < -0.4 is 5.48 Å². The molecule has 0 saturated heterocycles. The molecule has 0 unspecified atom stereocenters. The molecular weight excluding hydrogens is 158 g/mol. The summed E-state index contributed by atoms with van der Waals surface area (Å²) in [6.07, 6.45) is 2.06. The molecule has 1 heterocycles. The van der Waals surface area contributed by atoms with Gasteiger partial charge in [0.25, 0.3) is 0 Å². The fourth-order valence-corrected chi connectivity index (χ4v) is 1.85. The van der Waals surface area contributed by atoms with Gasteiger partial charge in [0.2, 0.25) is 0 Å². The number of thiophene rings is 1. The minimum atomic E-state index is 0.125. The Hall–Kier alpha value is -0.380. The van der Waals surface area contributed by atoms with E-state index in [1.807, 2.05) is 17.5 Å². The molecule has 3 heteroatoms. The second-order valence-corrected chi connectivity index (χ2v) is 3.47. The normalized spacial score (nSPS) is 13.3. The maximum absolute atomic E-state index is 8.79. The van der Waals surface area contributed by atoms with Gasteiger partial charge in [0.05, 0.1) is 6.04 Å². The highest BCUT2D eigenvalue weighted by molar-refractivity contribution is 7.10. The van der Waals surface area contributed by atoms with E-state index in [0.29, 0.717) is 0 Å². The van der Waals surface area contributed by atoms with E-state index >= 15 is 0 Å². The lowest BCUT2D eigenvalue weighted by Crippen LogP contribution is -2.15. The van der Waals surface area contributed by atoms with Crippen molar-refractivity contribution in [1.82, 2.24) is 5.48 Å². The first kappa shape index (κ1) is 8.71. The third-order valence-corrected chi connectivity index (χ3v) is 2.61. The molecule has 0 spiro atoms. The molecule has 0 aliphatic heterocycles. The molecule has 0 bridgehead atoms. The van der Waals surface area contributed by atoms with Crippen molar-refractivity contribution in [3.63, 3.8) is 0 Å². The van der Waals surface area contributed by atoms with Gasteiger partial charge in [0.15, 0.2) is 0 Å². The second kappa shape index (κ2) is 4.49. The van der Waals surface area contributed by atoms with Crippen LogP contribution in [0.3, 0.4) is 0 Å². The van der Waals surface area contributed by atoms with Crippen LogP contribution >= 0.6 is 11.3 Å². The number of hydrogen-bond acceptors (Lipinski definition) is 3. The van der Waals surface area contributed by atoms with Gasteiger partial charge in [-0.3, -0.25) is 0 Å². The lowest BCUT2D eigenvalue weighted by atomic mass is 10.1. The fourth-order valence-electron chi connectivity index (χ4n) is 1.05. The van der Waals surface area contributed by atoms with E-state index in [-0.39, 0.29) is 6.04 Å². The zero-order valence-corrected chi connectivity index (χ0v) is 7.40. The average Bonchev–Trinajstić information content (AvgIpc) is 2.52. The molecule has 0 radical (unpaired) electrons. The molecule has 11 heavy (non-hydrogen) atoms. The van der Waals surface area contributed by atoms with E-state index in [4.69, 9.17) is 5.21 Å². The monoisotopic (exact) mass is 171 g/mol. The van der Waals surface area contributed by atoms with E-state index in [9.17, 15) is 0 Å². The SMILES string of the molecule is CCC[C@H](NO)c1cccs1. The van der Waals surface area contributed by atoms with Gasteiger partial charge >= 0.3 is 0 Å². The van der Waals surface area contributed by atoms with Crippen LogP contribution in [0.25, 0.3) is 0 Å². The summed E-state index contributed by atoms with van der Waals surface area (Å²) in [4.78, 5) is 1.20. The molecule has 1 aromatic heterocycles. The van der Waals surface area contributed by atoms with Crippen LogP contribution in [-0.4, -0.2) is 5.21 Å². The minimum Gasteiger partial charge on any atom is -0.316 e. The van der Waals surface area contributed by atoms with Gasteiger partial charge in [-0.25, -0.2) is 0 Å². The first-order valence-corrected chi connectivity index (χ1v) is 4.69. The molecule has 0 amide bonds. The Morgan fingerprint density at radius 2 is 2.55 bits per heavy atom. The van der Waals surface area contributed by atoms with Crippen LogP contribution in [0.2, 0.25) is 0 Å². The highest BCUT2D eigenvalue weighted by Gasteiger charge is 2.08. The van der Waals surface area contributed by atoms with E-state index in [1.165, 1.54) is 4.88 Å². The quantitative estimate of drug-likeness (QED) is 0.682. The molecule has 2 N–H and O–H groups in total. The maximum atomic E-state index is 8.79. The summed E-state index contributed by atoms with van der Waals surface area (Å²) in [6.45, 7) is 2.11. The van der Waals surface area contributed by atoms with Crippen molar-refractivity contribution >= 4 is 11.3 Å². The molecule has 1 aromatic rings. The Labute approximate surface area is 70.8 Å². The molecule has 62 valence electrons. The third kappa shape index (κ3) is 2.29. The van der Waals surface area contributed by atoms with E-state index in [2.05, 4.69) is 12.4 Å². The summed E-state index contributed by atoms with van der Waals surface area (Å²) in [7, 11) is 0. The highest BCUT2D eigenvalue weighted by atomic mass is 32.1. The van der Waals surface area contributed by atoms with Gasteiger partial charge in [-0.05, 0) is 17.9 Å².